The molecular weight excluding hydrogens is 252 g/mol. The molecule has 0 fully saturated rings. The predicted molar refractivity (Wildman–Crippen MR) is 81.8 cm³/mol. The number of phenolic OH excluding ortho intramolecular Hbond substituents is 1. The number of hydrogen-bond acceptors (Lipinski definition) is 4. The predicted octanol–water partition coefficient (Wildman–Crippen LogP) is 3.19. The van der Waals surface area contributed by atoms with Crippen LogP contribution in [-0.4, -0.2) is 19.3 Å². The van der Waals surface area contributed by atoms with Crippen molar-refractivity contribution in [2.24, 2.45) is 5.73 Å². The van der Waals surface area contributed by atoms with Crippen molar-refractivity contribution in [3.05, 3.63) is 48.0 Å². The zero-order valence-corrected chi connectivity index (χ0v) is 12.0. The Morgan fingerprint density at radius 2 is 1.70 bits per heavy atom. The fourth-order valence-electron chi connectivity index (χ4n) is 2.08. The van der Waals surface area contributed by atoms with Gasteiger partial charge < -0.3 is 20.5 Å². The average molecular weight is 272 g/mol. The molecule has 0 spiro atoms. The summed E-state index contributed by atoms with van der Waals surface area (Å²) in [4.78, 5) is 1.99. The summed E-state index contributed by atoms with van der Waals surface area (Å²) >= 11 is 0. The van der Waals surface area contributed by atoms with E-state index in [1.54, 1.807) is 13.2 Å². The Labute approximate surface area is 119 Å². The molecule has 0 heterocycles. The number of anilines is 2. The zero-order valence-electron chi connectivity index (χ0n) is 12.0. The van der Waals surface area contributed by atoms with Gasteiger partial charge in [0.2, 0.25) is 0 Å². The maximum atomic E-state index is 10.0. The lowest BCUT2D eigenvalue weighted by molar-refractivity contribution is 0.415. The molecule has 3 N–H and O–H groups in total. The van der Waals surface area contributed by atoms with Crippen LogP contribution in [-0.2, 0) is 0 Å². The summed E-state index contributed by atoms with van der Waals surface area (Å²) < 4.78 is 5.14. The zero-order chi connectivity index (χ0) is 14.7. The highest BCUT2D eigenvalue weighted by atomic mass is 16.5. The third kappa shape index (κ3) is 2.86. The molecular formula is C16H20N2O2. The van der Waals surface area contributed by atoms with Crippen LogP contribution >= 0.6 is 0 Å². The Hall–Kier alpha value is -2.20. The smallest absolute Gasteiger partial charge is 0.122 e. The maximum absolute atomic E-state index is 10.0. The molecule has 0 saturated carbocycles. The van der Waals surface area contributed by atoms with Gasteiger partial charge in [-0.1, -0.05) is 6.07 Å². The fourth-order valence-corrected chi connectivity index (χ4v) is 2.08. The van der Waals surface area contributed by atoms with Gasteiger partial charge in [-0.25, -0.2) is 0 Å². The second kappa shape index (κ2) is 5.84. The van der Waals surface area contributed by atoms with E-state index in [9.17, 15) is 5.11 Å². The van der Waals surface area contributed by atoms with Crippen LogP contribution in [0.15, 0.2) is 42.5 Å². The summed E-state index contributed by atoms with van der Waals surface area (Å²) in [5.74, 6) is 1.04. The standard InChI is InChI=1S/C16H20N2O2/c1-11(17)15-9-6-13(10-16(15)19)18(2)12-4-7-14(20-3)8-5-12/h4-11,19H,17H2,1-3H3. The molecule has 0 aliphatic rings. The number of nitrogens with two attached hydrogens (primary N) is 1. The van der Waals surface area contributed by atoms with Crippen molar-refractivity contribution in [1.29, 1.82) is 0 Å². The molecule has 0 bridgehead atoms. The van der Waals surface area contributed by atoms with Crippen LogP contribution < -0.4 is 15.4 Å². The van der Waals surface area contributed by atoms with Crippen molar-refractivity contribution in [3.8, 4) is 11.5 Å². The van der Waals surface area contributed by atoms with E-state index in [1.165, 1.54) is 0 Å². The Morgan fingerprint density at radius 3 is 2.20 bits per heavy atom. The first-order valence-corrected chi connectivity index (χ1v) is 6.49. The third-order valence-corrected chi connectivity index (χ3v) is 3.35. The largest absolute Gasteiger partial charge is 0.508 e. The van der Waals surface area contributed by atoms with Gasteiger partial charge in [0.1, 0.15) is 11.5 Å². The summed E-state index contributed by atoms with van der Waals surface area (Å²) in [7, 11) is 3.59. The Kier molecular flexibility index (Phi) is 4.15. The summed E-state index contributed by atoms with van der Waals surface area (Å²) in [5.41, 5.74) is 8.46. The first-order chi connectivity index (χ1) is 9.52. The van der Waals surface area contributed by atoms with Gasteiger partial charge in [0.05, 0.1) is 7.11 Å². The Balaban J connectivity index is 2.28. The number of nitrogens with zero attached hydrogens (tertiary/aromatic N) is 1. The molecule has 2 aromatic rings. The van der Waals surface area contributed by atoms with Gasteiger partial charge in [0.25, 0.3) is 0 Å². The Bertz CT molecular complexity index is 580. The summed E-state index contributed by atoms with van der Waals surface area (Å²) in [5, 5.41) is 10.0. The van der Waals surface area contributed by atoms with E-state index < -0.39 is 0 Å². The van der Waals surface area contributed by atoms with Crippen LogP contribution in [0, 0.1) is 0 Å². The van der Waals surface area contributed by atoms with Crippen molar-refractivity contribution in [3.63, 3.8) is 0 Å². The van der Waals surface area contributed by atoms with Gasteiger partial charge in [-0.2, -0.15) is 0 Å². The molecule has 0 amide bonds. The summed E-state index contributed by atoms with van der Waals surface area (Å²) in [6.07, 6.45) is 0. The minimum Gasteiger partial charge on any atom is -0.508 e. The number of ether oxygens (including phenoxy) is 1. The molecule has 0 aliphatic heterocycles. The van der Waals surface area contributed by atoms with E-state index in [0.717, 1.165) is 22.7 Å². The number of methoxy groups -OCH3 is 1. The van der Waals surface area contributed by atoms with E-state index in [0.29, 0.717) is 0 Å². The third-order valence-electron chi connectivity index (χ3n) is 3.35. The normalized spacial score (nSPS) is 12.0. The van der Waals surface area contributed by atoms with Crippen molar-refractivity contribution >= 4 is 11.4 Å². The van der Waals surface area contributed by atoms with Gasteiger partial charge in [-0.05, 0) is 37.3 Å². The highest BCUT2D eigenvalue weighted by molar-refractivity contribution is 5.65. The average Bonchev–Trinajstić information content (AvgIpc) is 2.46. The van der Waals surface area contributed by atoms with Crippen LogP contribution in [0.4, 0.5) is 11.4 Å². The van der Waals surface area contributed by atoms with E-state index in [2.05, 4.69) is 0 Å². The van der Waals surface area contributed by atoms with Gasteiger partial charge in [0, 0.05) is 36.1 Å². The Morgan fingerprint density at radius 1 is 1.10 bits per heavy atom. The summed E-state index contributed by atoms with van der Waals surface area (Å²) in [6.45, 7) is 1.85. The number of phenols is 1. The first kappa shape index (κ1) is 14.2. The van der Waals surface area contributed by atoms with Gasteiger partial charge in [-0.15, -0.1) is 0 Å². The molecule has 1 unspecified atom stereocenters. The minimum atomic E-state index is -0.185. The highest BCUT2D eigenvalue weighted by Gasteiger charge is 2.10. The molecule has 4 heteroatoms. The molecule has 2 rings (SSSR count). The van der Waals surface area contributed by atoms with Crippen molar-refractivity contribution in [1.82, 2.24) is 0 Å². The van der Waals surface area contributed by atoms with Crippen molar-refractivity contribution < 1.29 is 9.84 Å². The monoisotopic (exact) mass is 272 g/mol. The second-order valence-electron chi connectivity index (χ2n) is 4.79. The van der Waals surface area contributed by atoms with Crippen molar-refractivity contribution in [2.45, 2.75) is 13.0 Å². The molecule has 4 nitrogen and oxygen atoms in total. The van der Waals surface area contributed by atoms with Gasteiger partial charge in [0.15, 0.2) is 0 Å². The lowest BCUT2D eigenvalue weighted by Gasteiger charge is -2.21. The number of hydrogen-bond donors (Lipinski definition) is 2. The molecule has 0 aromatic heterocycles. The van der Waals surface area contributed by atoms with E-state index >= 15 is 0 Å². The molecule has 2 aromatic carbocycles. The van der Waals surface area contributed by atoms with Crippen LogP contribution in [0.25, 0.3) is 0 Å². The number of rotatable bonds is 4. The van der Waals surface area contributed by atoms with E-state index in [4.69, 9.17) is 10.5 Å². The molecule has 1 atom stereocenters. The van der Waals surface area contributed by atoms with Gasteiger partial charge >= 0.3 is 0 Å². The van der Waals surface area contributed by atoms with Crippen LogP contribution in [0.1, 0.15) is 18.5 Å². The SMILES string of the molecule is COc1ccc(N(C)c2ccc(C(C)N)c(O)c2)cc1. The second-order valence-corrected chi connectivity index (χ2v) is 4.79. The number of aromatic hydroxyl groups is 1. The molecule has 106 valence electrons. The van der Waals surface area contributed by atoms with E-state index in [1.807, 2.05) is 55.3 Å². The molecule has 0 aliphatic carbocycles. The fraction of sp³-hybridized carbons (Fsp3) is 0.250. The maximum Gasteiger partial charge on any atom is 0.122 e. The molecule has 0 saturated heterocycles. The van der Waals surface area contributed by atoms with Crippen LogP contribution in [0.2, 0.25) is 0 Å². The highest BCUT2D eigenvalue weighted by Crippen LogP contribution is 2.31. The van der Waals surface area contributed by atoms with Crippen LogP contribution in [0.3, 0.4) is 0 Å². The summed E-state index contributed by atoms with van der Waals surface area (Å²) in [6, 6.07) is 13.1. The quantitative estimate of drug-likeness (QED) is 0.897. The molecule has 0 radical (unpaired) electrons. The topological polar surface area (TPSA) is 58.7 Å². The number of benzene rings is 2. The van der Waals surface area contributed by atoms with Crippen molar-refractivity contribution in [2.75, 3.05) is 19.1 Å². The lowest BCUT2D eigenvalue weighted by atomic mass is 10.1. The van der Waals surface area contributed by atoms with Crippen LogP contribution in [0.5, 0.6) is 11.5 Å². The lowest BCUT2D eigenvalue weighted by Crippen LogP contribution is -2.10. The first-order valence-electron chi connectivity index (χ1n) is 6.49. The van der Waals surface area contributed by atoms with E-state index in [-0.39, 0.29) is 11.8 Å². The van der Waals surface area contributed by atoms with Gasteiger partial charge in [-0.3, -0.25) is 0 Å². The minimum absolute atomic E-state index is 0.185. The molecule has 20 heavy (non-hydrogen) atoms.